The number of rotatable bonds is 3. The van der Waals surface area contributed by atoms with Crippen LogP contribution in [0, 0.1) is 11.2 Å². The molecule has 0 aromatic heterocycles. The van der Waals surface area contributed by atoms with Crippen molar-refractivity contribution in [2.24, 2.45) is 10.4 Å². The molecule has 1 heterocycles. The fraction of sp³-hybridized carbons (Fsp3) is 0.429. The second kappa shape index (κ2) is 5.22. The molecule has 0 aliphatic carbocycles. The number of aliphatic imine (C=N–C) groups is 1. The molecule has 0 spiro atoms. The first kappa shape index (κ1) is 13.3. The molecule has 18 heavy (non-hydrogen) atoms. The summed E-state index contributed by atoms with van der Waals surface area (Å²) in [5.74, 6) is 0.793. The molecular weight excluding hydrogens is 247 g/mol. The molecule has 0 N–H and O–H groups in total. The Labute approximate surface area is 112 Å². The Morgan fingerprint density at radius 3 is 2.83 bits per heavy atom. The monoisotopic (exact) mass is 265 g/mol. The highest BCUT2D eigenvalue weighted by Crippen LogP contribution is 2.29. The summed E-state index contributed by atoms with van der Waals surface area (Å²) in [7, 11) is 0. The predicted octanol–water partition coefficient (Wildman–Crippen LogP) is 3.69. The van der Waals surface area contributed by atoms with Crippen LogP contribution < -0.4 is 0 Å². The molecule has 1 unspecified atom stereocenters. The van der Waals surface area contributed by atoms with Crippen LogP contribution in [-0.2, 0) is 0 Å². The lowest BCUT2D eigenvalue weighted by Gasteiger charge is -2.18. The molecular formula is C14H18FN2S+. The number of hydrogen-bond donors (Lipinski definition) is 0. The van der Waals surface area contributed by atoms with E-state index in [1.807, 2.05) is 16.9 Å². The van der Waals surface area contributed by atoms with Gasteiger partial charge in [-0.15, -0.1) is 0 Å². The molecule has 1 aliphatic rings. The minimum absolute atomic E-state index is 0.0195. The van der Waals surface area contributed by atoms with Crippen LogP contribution in [0.25, 0.3) is 0 Å². The topological polar surface area (TPSA) is 15.4 Å². The molecule has 0 saturated heterocycles. The zero-order valence-corrected chi connectivity index (χ0v) is 11.7. The molecule has 1 atom stereocenters. The van der Waals surface area contributed by atoms with E-state index in [9.17, 15) is 4.39 Å². The van der Waals surface area contributed by atoms with Crippen LogP contribution >= 0.6 is 11.8 Å². The lowest BCUT2D eigenvalue weighted by atomic mass is 10.0. The smallest absolute Gasteiger partial charge is 0.209 e. The Kier molecular flexibility index (Phi) is 3.85. The summed E-state index contributed by atoms with van der Waals surface area (Å²) in [5, 5.41) is 0. The van der Waals surface area contributed by atoms with E-state index < -0.39 is 0 Å². The molecule has 0 bridgehead atoms. The zero-order chi connectivity index (χ0) is 13.2. The summed E-state index contributed by atoms with van der Waals surface area (Å²) in [5.41, 5.74) is 1.13. The maximum atomic E-state index is 13.2. The maximum absolute atomic E-state index is 13.2. The number of halogens is 1. The first-order chi connectivity index (χ1) is 8.46. The Morgan fingerprint density at radius 2 is 2.17 bits per heavy atom. The van der Waals surface area contributed by atoms with Crippen LogP contribution in [0.1, 0.15) is 20.8 Å². The van der Waals surface area contributed by atoms with Crippen LogP contribution in [0.2, 0.25) is 0 Å². The van der Waals surface area contributed by atoms with Gasteiger partial charge in [0.05, 0.1) is 6.21 Å². The van der Waals surface area contributed by atoms with Crippen LogP contribution in [0.5, 0.6) is 0 Å². The van der Waals surface area contributed by atoms with Crippen molar-refractivity contribution < 1.29 is 8.97 Å². The fourth-order valence-corrected chi connectivity index (χ4v) is 2.79. The van der Waals surface area contributed by atoms with Gasteiger partial charge < -0.3 is 0 Å². The van der Waals surface area contributed by atoms with Crippen molar-refractivity contribution in [2.75, 3.05) is 5.75 Å². The summed E-state index contributed by atoms with van der Waals surface area (Å²) in [6.07, 6.45) is 3.68. The van der Waals surface area contributed by atoms with E-state index in [0.717, 1.165) is 11.4 Å². The Balaban J connectivity index is 2.10. The Morgan fingerprint density at radius 1 is 1.39 bits per heavy atom. The average Bonchev–Trinajstić information content (AvgIpc) is 2.73. The number of hydrogen-bond acceptors (Lipinski definition) is 2. The van der Waals surface area contributed by atoms with E-state index in [4.69, 9.17) is 0 Å². The van der Waals surface area contributed by atoms with Gasteiger partial charge in [0.2, 0.25) is 5.69 Å². The van der Waals surface area contributed by atoms with E-state index in [0.29, 0.717) is 0 Å². The molecule has 2 nitrogen and oxygen atoms in total. The number of benzene rings is 1. The van der Waals surface area contributed by atoms with E-state index in [1.165, 1.54) is 12.1 Å². The third-order valence-corrected chi connectivity index (χ3v) is 4.13. The Hall–Kier alpha value is -1.16. The van der Waals surface area contributed by atoms with Crippen molar-refractivity contribution in [1.82, 2.24) is 0 Å². The van der Waals surface area contributed by atoms with Gasteiger partial charge in [-0.05, 0) is 11.5 Å². The van der Waals surface area contributed by atoms with Gasteiger partial charge in [-0.25, -0.2) is 9.38 Å². The van der Waals surface area contributed by atoms with Crippen LogP contribution in [-0.4, -0.2) is 28.3 Å². The molecule has 0 fully saturated rings. The third kappa shape index (κ3) is 3.42. The van der Waals surface area contributed by atoms with Gasteiger partial charge in [-0.2, -0.15) is 4.58 Å². The van der Waals surface area contributed by atoms with Gasteiger partial charge in [0.1, 0.15) is 5.82 Å². The van der Waals surface area contributed by atoms with Gasteiger partial charge in [0.15, 0.2) is 6.21 Å². The summed E-state index contributed by atoms with van der Waals surface area (Å²) in [6, 6.07) is 6.62. The second-order valence-electron chi connectivity index (χ2n) is 5.53. The molecule has 4 heteroatoms. The van der Waals surface area contributed by atoms with Crippen molar-refractivity contribution in [2.45, 2.75) is 26.3 Å². The summed E-state index contributed by atoms with van der Waals surface area (Å²) >= 11 is 1.77. The highest BCUT2D eigenvalue weighted by Gasteiger charge is 2.27. The maximum Gasteiger partial charge on any atom is 0.300 e. The van der Waals surface area contributed by atoms with Gasteiger partial charge in [0.25, 0.3) is 5.50 Å². The summed E-state index contributed by atoms with van der Waals surface area (Å²) in [4.78, 5) is 4.41. The molecule has 0 amide bonds. The van der Waals surface area contributed by atoms with Crippen LogP contribution in [0.3, 0.4) is 0 Å². The van der Waals surface area contributed by atoms with Crippen LogP contribution in [0.15, 0.2) is 29.3 Å². The molecule has 2 rings (SSSR count). The van der Waals surface area contributed by atoms with Gasteiger partial charge >= 0.3 is 0 Å². The predicted molar refractivity (Wildman–Crippen MR) is 76.6 cm³/mol. The van der Waals surface area contributed by atoms with Crippen LogP contribution in [0.4, 0.5) is 10.1 Å². The van der Waals surface area contributed by atoms with Crippen molar-refractivity contribution in [3.05, 3.63) is 30.1 Å². The van der Waals surface area contributed by atoms with Gasteiger partial charge in [-0.3, -0.25) is 0 Å². The largest absolute Gasteiger partial charge is 0.300 e. The normalized spacial score (nSPS) is 19.1. The molecule has 0 saturated carbocycles. The molecule has 1 aromatic carbocycles. The lowest BCUT2D eigenvalue weighted by molar-refractivity contribution is -0.444. The summed E-state index contributed by atoms with van der Waals surface area (Å²) < 4.78 is 15.2. The number of nitrogens with zero attached hydrogens (tertiary/aromatic N) is 2. The van der Waals surface area contributed by atoms with Crippen molar-refractivity contribution in [3.8, 4) is 0 Å². The molecule has 1 aromatic rings. The van der Waals surface area contributed by atoms with E-state index in [2.05, 4.69) is 25.8 Å². The van der Waals surface area contributed by atoms with Gasteiger partial charge in [-0.1, -0.05) is 38.6 Å². The van der Waals surface area contributed by atoms with E-state index in [-0.39, 0.29) is 16.7 Å². The minimum Gasteiger partial charge on any atom is -0.209 e. The zero-order valence-electron chi connectivity index (χ0n) is 10.9. The molecule has 1 aliphatic heterocycles. The quantitative estimate of drug-likeness (QED) is 0.761. The van der Waals surface area contributed by atoms with E-state index in [1.54, 1.807) is 24.0 Å². The van der Waals surface area contributed by atoms with Crippen molar-refractivity contribution >= 4 is 29.9 Å². The van der Waals surface area contributed by atoms with Crippen molar-refractivity contribution in [1.29, 1.82) is 0 Å². The number of thioether (sulfide) groups is 1. The average molecular weight is 265 g/mol. The fourth-order valence-electron chi connectivity index (χ4n) is 1.63. The molecule has 0 radical (unpaired) electrons. The highest BCUT2D eigenvalue weighted by atomic mass is 32.2. The minimum atomic E-state index is -0.215. The first-order valence-corrected chi connectivity index (χ1v) is 7.03. The standard InChI is InChI=1S/C14H18FN2S/c1-14(2,3)10-18-13-16-7-8-17(13)12-6-4-5-11(15)9-12/h4-9,13H,10H2,1-3H3/q+1. The summed E-state index contributed by atoms with van der Waals surface area (Å²) in [6.45, 7) is 6.61. The second-order valence-corrected chi connectivity index (χ2v) is 6.58. The SMILES string of the molecule is CC(C)(C)CSC1N=CC=[N+]1c1cccc(F)c1. The van der Waals surface area contributed by atoms with Gasteiger partial charge in [0, 0.05) is 17.9 Å². The lowest BCUT2D eigenvalue weighted by Crippen LogP contribution is -2.18. The molecule has 96 valence electrons. The third-order valence-electron chi connectivity index (χ3n) is 2.45. The van der Waals surface area contributed by atoms with E-state index >= 15 is 0 Å². The Bertz CT molecular complexity index is 489. The first-order valence-electron chi connectivity index (χ1n) is 5.98. The van der Waals surface area contributed by atoms with Crippen molar-refractivity contribution in [3.63, 3.8) is 0 Å². The highest BCUT2D eigenvalue weighted by molar-refractivity contribution is 7.99.